The lowest BCUT2D eigenvalue weighted by molar-refractivity contribution is 0.111. The van der Waals surface area contributed by atoms with E-state index < -0.39 is 0 Å². The highest BCUT2D eigenvalue weighted by Gasteiger charge is 2.18. The van der Waals surface area contributed by atoms with E-state index in [-0.39, 0.29) is 6.61 Å². The summed E-state index contributed by atoms with van der Waals surface area (Å²) < 4.78 is 0. The van der Waals surface area contributed by atoms with E-state index in [1.807, 2.05) is 0 Å². The lowest BCUT2D eigenvalue weighted by atomic mass is 9.93. The Balaban J connectivity index is 2.31. The van der Waals surface area contributed by atoms with Gasteiger partial charge in [-0.3, -0.25) is 4.79 Å². The Kier molecular flexibility index (Phi) is 3.21. The molecule has 0 radical (unpaired) electrons. The number of hydrogen-bond acceptors (Lipinski definition) is 2. The van der Waals surface area contributed by atoms with Crippen LogP contribution in [0.2, 0.25) is 0 Å². The largest absolute Gasteiger partial charge is 0.396 e. The van der Waals surface area contributed by atoms with Gasteiger partial charge in [0.15, 0.2) is 6.29 Å². The number of aldehydes is 1. The fourth-order valence-corrected chi connectivity index (χ4v) is 2.42. The third kappa shape index (κ3) is 1.97. The molecule has 1 aliphatic rings. The number of hydrogen-bond donors (Lipinski definition) is 2. The minimum absolute atomic E-state index is 0.193. The van der Waals surface area contributed by atoms with Crippen molar-refractivity contribution in [1.29, 1.82) is 0 Å². The number of nitrogens with one attached hydrogen (secondary N) is 1. The molecule has 3 nitrogen and oxygen atoms in total. The molecule has 0 aromatic carbocycles. The van der Waals surface area contributed by atoms with Gasteiger partial charge in [0.05, 0.1) is 5.69 Å². The first-order valence-corrected chi connectivity index (χ1v) is 5.65. The van der Waals surface area contributed by atoms with Gasteiger partial charge in [0, 0.05) is 12.3 Å². The molecule has 1 aliphatic carbocycles. The Hall–Kier alpha value is -1.09. The zero-order valence-electron chi connectivity index (χ0n) is 8.88. The SMILES string of the molecule is O=Cc1[nH]c2c(c1CCCO)CCCC2. The highest BCUT2D eigenvalue weighted by molar-refractivity contribution is 5.76. The normalized spacial score (nSPS) is 15.0. The van der Waals surface area contributed by atoms with Crippen LogP contribution in [0.5, 0.6) is 0 Å². The first-order chi connectivity index (χ1) is 7.36. The topological polar surface area (TPSA) is 53.1 Å². The maximum absolute atomic E-state index is 10.9. The quantitative estimate of drug-likeness (QED) is 0.737. The number of carbonyl (C=O) groups is 1. The lowest BCUT2D eigenvalue weighted by Crippen LogP contribution is -2.03. The molecule has 2 N–H and O–H groups in total. The molecule has 2 rings (SSSR count). The van der Waals surface area contributed by atoms with Crippen LogP contribution in [0.3, 0.4) is 0 Å². The second-order valence-corrected chi connectivity index (χ2v) is 4.13. The van der Waals surface area contributed by atoms with Gasteiger partial charge in [0.2, 0.25) is 0 Å². The molecular formula is C12H17NO2. The maximum Gasteiger partial charge on any atom is 0.166 e. The molecule has 1 aromatic rings. The van der Waals surface area contributed by atoms with Crippen LogP contribution >= 0.6 is 0 Å². The summed E-state index contributed by atoms with van der Waals surface area (Å²) in [6.45, 7) is 0.193. The lowest BCUT2D eigenvalue weighted by Gasteiger charge is -2.12. The molecule has 0 aliphatic heterocycles. The molecular weight excluding hydrogens is 190 g/mol. The van der Waals surface area contributed by atoms with E-state index in [1.165, 1.54) is 24.1 Å². The predicted molar refractivity (Wildman–Crippen MR) is 58.2 cm³/mol. The Morgan fingerprint density at radius 1 is 1.33 bits per heavy atom. The summed E-state index contributed by atoms with van der Waals surface area (Å²) in [4.78, 5) is 14.1. The van der Waals surface area contributed by atoms with Crippen molar-refractivity contribution >= 4 is 6.29 Å². The van der Waals surface area contributed by atoms with Gasteiger partial charge in [-0.05, 0) is 49.7 Å². The average molecular weight is 207 g/mol. The minimum Gasteiger partial charge on any atom is -0.396 e. The average Bonchev–Trinajstić information content (AvgIpc) is 2.64. The fraction of sp³-hybridized carbons (Fsp3) is 0.583. The fourth-order valence-electron chi connectivity index (χ4n) is 2.42. The molecule has 1 aromatic heterocycles. The van der Waals surface area contributed by atoms with Gasteiger partial charge in [0.25, 0.3) is 0 Å². The number of aryl methyl sites for hydroxylation is 1. The Bertz CT molecular complexity index is 355. The number of aromatic amines is 1. The zero-order valence-corrected chi connectivity index (χ0v) is 8.88. The minimum atomic E-state index is 0.193. The van der Waals surface area contributed by atoms with Crippen LogP contribution in [0.25, 0.3) is 0 Å². The summed E-state index contributed by atoms with van der Waals surface area (Å²) in [5, 5.41) is 8.83. The van der Waals surface area contributed by atoms with Crippen LogP contribution in [0.15, 0.2) is 0 Å². The van der Waals surface area contributed by atoms with Gasteiger partial charge in [-0.1, -0.05) is 0 Å². The molecule has 0 spiro atoms. The Labute approximate surface area is 89.5 Å². The second kappa shape index (κ2) is 4.62. The Morgan fingerprint density at radius 3 is 2.87 bits per heavy atom. The van der Waals surface area contributed by atoms with Gasteiger partial charge < -0.3 is 10.1 Å². The van der Waals surface area contributed by atoms with Crippen LogP contribution in [-0.4, -0.2) is 23.0 Å². The third-order valence-electron chi connectivity index (χ3n) is 3.15. The van der Waals surface area contributed by atoms with E-state index in [0.29, 0.717) is 0 Å². The number of fused-ring (bicyclic) bond motifs is 1. The van der Waals surface area contributed by atoms with Crippen molar-refractivity contribution in [3.63, 3.8) is 0 Å². The van der Waals surface area contributed by atoms with Crippen LogP contribution < -0.4 is 0 Å². The summed E-state index contributed by atoms with van der Waals surface area (Å²) in [7, 11) is 0. The molecule has 0 saturated heterocycles. The molecule has 0 saturated carbocycles. The van der Waals surface area contributed by atoms with Crippen LogP contribution in [0, 0.1) is 0 Å². The van der Waals surface area contributed by atoms with Gasteiger partial charge >= 0.3 is 0 Å². The highest BCUT2D eigenvalue weighted by atomic mass is 16.2. The standard InChI is InChI=1S/C12H17NO2/c14-7-3-5-10-9-4-1-2-6-11(9)13-12(10)8-15/h8,13-14H,1-7H2. The van der Waals surface area contributed by atoms with Gasteiger partial charge in [-0.15, -0.1) is 0 Å². The number of rotatable bonds is 4. The van der Waals surface area contributed by atoms with Crippen LogP contribution in [0.4, 0.5) is 0 Å². The second-order valence-electron chi connectivity index (χ2n) is 4.13. The Morgan fingerprint density at radius 2 is 2.13 bits per heavy atom. The predicted octanol–water partition coefficient (Wildman–Crippen LogP) is 1.63. The van der Waals surface area contributed by atoms with Gasteiger partial charge in [0.1, 0.15) is 0 Å². The monoisotopic (exact) mass is 207 g/mol. The van der Waals surface area contributed by atoms with E-state index >= 15 is 0 Å². The number of carbonyl (C=O) groups excluding carboxylic acids is 1. The highest BCUT2D eigenvalue weighted by Crippen LogP contribution is 2.27. The molecule has 3 heteroatoms. The maximum atomic E-state index is 10.9. The summed E-state index contributed by atoms with van der Waals surface area (Å²) in [5.74, 6) is 0. The molecule has 0 amide bonds. The van der Waals surface area contributed by atoms with E-state index in [4.69, 9.17) is 5.11 Å². The summed E-state index contributed by atoms with van der Waals surface area (Å²) in [5.41, 5.74) is 4.47. The van der Waals surface area contributed by atoms with Crippen molar-refractivity contribution < 1.29 is 9.90 Å². The van der Waals surface area contributed by atoms with Crippen molar-refractivity contribution in [2.75, 3.05) is 6.61 Å². The van der Waals surface area contributed by atoms with Crippen molar-refractivity contribution in [3.05, 3.63) is 22.5 Å². The molecule has 0 fully saturated rings. The van der Waals surface area contributed by atoms with Gasteiger partial charge in [-0.25, -0.2) is 0 Å². The molecule has 0 bridgehead atoms. The first kappa shape index (κ1) is 10.4. The summed E-state index contributed by atoms with van der Waals surface area (Å²) in [6.07, 6.45) is 7.04. The molecule has 0 atom stereocenters. The summed E-state index contributed by atoms with van der Waals surface area (Å²) >= 11 is 0. The smallest absolute Gasteiger partial charge is 0.166 e. The first-order valence-electron chi connectivity index (χ1n) is 5.65. The van der Waals surface area contributed by atoms with Crippen molar-refractivity contribution in [2.24, 2.45) is 0 Å². The zero-order chi connectivity index (χ0) is 10.7. The number of H-pyrrole nitrogens is 1. The van der Waals surface area contributed by atoms with E-state index in [0.717, 1.165) is 43.2 Å². The van der Waals surface area contributed by atoms with Gasteiger partial charge in [-0.2, -0.15) is 0 Å². The van der Waals surface area contributed by atoms with Crippen LogP contribution in [0.1, 0.15) is 46.6 Å². The number of aromatic nitrogens is 1. The third-order valence-corrected chi connectivity index (χ3v) is 3.15. The van der Waals surface area contributed by atoms with E-state index in [9.17, 15) is 4.79 Å². The number of aliphatic hydroxyl groups is 1. The van der Waals surface area contributed by atoms with Crippen LogP contribution in [-0.2, 0) is 19.3 Å². The van der Waals surface area contributed by atoms with E-state index in [2.05, 4.69) is 4.98 Å². The van der Waals surface area contributed by atoms with E-state index in [1.54, 1.807) is 0 Å². The molecule has 15 heavy (non-hydrogen) atoms. The van der Waals surface area contributed by atoms with Crippen molar-refractivity contribution in [2.45, 2.75) is 38.5 Å². The molecule has 0 unspecified atom stereocenters. The molecule has 82 valence electrons. The van der Waals surface area contributed by atoms with Crippen molar-refractivity contribution in [3.8, 4) is 0 Å². The number of aliphatic hydroxyl groups excluding tert-OH is 1. The molecule has 1 heterocycles. The van der Waals surface area contributed by atoms with Crippen molar-refractivity contribution in [1.82, 2.24) is 4.98 Å². The summed E-state index contributed by atoms with van der Waals surface area (Å²) in [6, 6.07) is 0.